The largest absolute Gasteiger partial charge is 0.332 e. The molecule has 21 heavy (non-hydrogen) atoms. The molecule has 0 saturated carbocycles. The fraction of sp³-hybridized carbons (Fsp3) is 0.0833. The van der Waals surface area contributed by atoms with Crippen LogP contribution in [0.2, 0.25) is 0 Å². The van der Waals surface area contributed by atoms with E-state index < -0.39 is 4.92 Å². The summed E-state index contributed by atoms with van der Waals surface area (Å²) in [4.78, 5) is 18.7. The number of nitro benzene ring substituents is 1. The molecule has 0 aliphatic heterocycles. The molecule has 8 nitrogen and oxygen atoms in total. The van der Waals surface area contributed by atoms with Crippen molar-refractivity contribution in [2.75, 3.05) is 0 Å². The van der Waals surface area contributed by atoms with Crippen molar-refractivity contribution >= 4 is 17.0 Å². The molecular weight excluding hydrogens is 294 g/mol. The lowest BCUT2D eigenvalue weighted by Crippen LogP contribution is -1.94. The fourth-order valence-corrected chi connectivity index (χ4v) is 2.35. The molecule has 0 aliphatic carbocycles. The Balaban J connectivity index is 1.94. The Hall–Kier alpha value is -2.65. The first kappa shape index (κ1) is 13.3. The van der Waals surface area contributed by atoms with Crippen molar-refractivity contribution in [1.29, 1.82) is 0 Å². The van der Waals surface area contributed by atoms with Gasteiger partial charge in [0.05, 0.1) is 4.92 Å². The molecule has 106 valence electrons. The maximum absolute atomic E-state index is 10.8. The highest BCUT2D eigenvalue weighted by atomic mass is 32.1. The van der Waals surface area contributed by atoms with E-state index in [2.05, 4.69) is 15.1 Å². The van der Waals surface area contributed by atoms with Crippen molar-refractivity contribution in [2.24, 2.45) is 5.73 Å². The van der Waals surface area contributed by atoms with Crippen LogP contribution in [0, 0.1) is 10.1 Å². The highest BCUT2D eigenvalue weighted by molar-refractivity contribution is 7.09. The molecule has 0 atom stereocenters. The van der Waals surface area contributed by atoms with Crippen molar-refractivity contribution < 1.29 is 9.45 Å². The van der Waals surface area contributed by atoms with E-state index in [0.29, 0.717) is 17.8 Å². The summed E-state index contributed by atoms with van der Waals surface area (Å²) < 4.78 is 5.14. The third kappa shape index (κ3) is 2.64. The van der Waals surface area contributed by atoms with Crippen molar-refractivity contribution in [3.63, 3.8) is 0 Å². The average Bonchev–Trinajstić information content (AvgIpc) is 3.16. The van der Waals surface area contributed by atoms with Gasteiger partial charge >= 0.3 is 0 Å². The normalized spacial score (nSPS) is 10.7. The molecule has 9 heteroatoms. The minimum Gasteiger partial charge on any atom is -0.332 e. The van der Waals surface area contributed by atoms with Crippen LogP contribution in [-0.2, 0) is 6.54 Å². The number of rotatable bonds is 4. The Bertz CT molecular complexity index is 798. The second kappa shape index (κ2) is 5.38. The summed E-state index contributed by atoms with van der Waals surface area (Å²) in [5.74, 6) is 0.531. The van der Waals surface area contributed by atoms with Crippen molar-refractivity contribution in [2.45, 2.75) is 6.54 Å². The molecule has 3 aromatic rings. The minimum absolute atomic E-state index is 0.0297. The summed E-state index contributed by atoms with van der Waals surface area (Å²) in [7, 11) is 0. The lowest BCUT2D eigenvalue weighted by molar-refractivity contribution is -0.384. The number of benzene rings is 1. The van der Waals surface area contributed by atoms with E-state index in [1.54, 1.807) is 17.5 Å². The summed E-state index contributed by atoms with van der Waals surface area (Å²) in [5, 5.41) is 17.1. The summed E-state index contributed by atoms with van der Waals surface area (Å²) >= 11 is 1.40. The molecule has 0 saturated heterocycles. The Morgan fingerprint density at radius 3 is 2.95 bits per heavy atom. The van der Waals surface area contributed by atoms with Crippen molar-refractivity contribution in [3.8, 4) is 23.0 Å². The van der Waals surface area contributed by atoms with Crippen LogP contribution in [-0.4, -0.2) is 20.0 Å². The molecule has 0 aliphatic rings. The van der Waals surface area contributed by atoms with Gasteiger partial charge in [0.2, 0.25) is 5.82 Å². The van der Waals surface area contributed by atoms with Crippen LogP contribution in [0.3, 0.4) is 0 Å². The summed E-state index contributed by atoms with van der Waals surface area (Å²) in [6, 6.07) is 6.03. The average molecular weight is 303 g/mol. The van der Waals surface area contributed by atoms with Crippen LogP contribution < -0.4 is 5.73 Å². The quantitative estimate of drug-likeness (QED) is 0.579. The van der Waals surface area contributed by atoms with Crippen LogP contribution in [0.1, 0.15) is 5.01 Å². The molecule has 0 bridgehead atoms. The lowest BCUT2D eigenvalue weighted by atomic mass is 10.2. The molecule has 2 heterocycles. The first-order chi connectivity index (χ1) is 10.2. The van der Waals surface area contributed by atoms with Crippen molar-refractivity contribution in [1.82, 2.24) is 15.1 Å². The summed E-state index contributed by atoms with van der Waals surface area (Å²) in [5.41, 5.74) is 6.52. The number of nitrogens with two attached hydrogens (primary N) is 1. The van der Waals surface area contributed by atoms with Gasteiger partial charge in [0.1, 0.15) is 10.7 Å². The van der Waals surface area contributed by atoms with Gasteiger partial charge in [0, 0.05) is 29.6 Å². The van der Waals surface area contributed by atoms with Gasteiger partial charge in [-0.1, -0.05) is 17.3 Å². The standard InChI is InChI=1S/C12H9N5O3S/c13-5-10-14-9(6-21-10)12-15-11(16-20-12)7-2-1-3-8(4-7)17(18)19/h1-4,6H,5,13H2. The predicted octanol–water partition coefficient (Wildman–Crippen LogP) is 2.23. The van der Waals surface area contributed by atoms with Gasteiger partial charge in [-0.3, -0.25) is 10.1 Å². The first-order valence-corrected chi connectivity index (χ1v) is 6.78. The van der Waals surface area contributed by atoms with Gasteiger partial charge in [0.15, 0.2) is 0 Å². The molecular formula is C12H9N5O3S. The Labute approximate surface area is 122 Å². The lowest BCUT2D eigenvalue weighted by Gasteiger charge is -1.94. The van der Waals surface area contributed by atoms with Gasteiger partial charge in [-0.15, -0.1) is 11.3 Å². The van der Waals surface area contributed by atoms with Gasteiger partial charge < -0.3 is 10.3 Å². The Kier molecular flexibility index (Phi) is 3.42. The molecule has 0 amide bonds. The highest BCUT2D eigenvalue weighted by Crippen LogP contribution is 2.25. The monoisotopic (exact) mass is 303 g/mol. The van der Waals surface area contributed by atoms with Crippen LogP contribution in [0.25, 0.3) is 23.0 Å². The second-order valence-electron chi connectivity index (χ2n) is 4.06. The maximum atomic E-state index is 10.8. The number of aromatic nitrogens is 3. The van der Waals surface area contributed by atoms with Crippen LogP contribution in [0.4, 0.5) is 5.69 Å². The molecule has 2 aromatic heterocycles. The first-order valence-electron chi connectivity index (χ1n) is 5.91. The van der Waals surface area contributed by atoms with E-state index >= 15 is 0 Å². The number of thiazole rings is 1. The zero-order valence-electron chi connectivity index (χ0n) is 10.6. The minimum atomic E-state index is -0.474. The zero-order valence-corrected chi connectivity index (χ0v) is 11.4. The number of nitro groups is 1. The highest BCUT2D eigenvalue weighted by Gasteiger charge is 2.15. The van der Waals surface area contributed by atoms with Gasteiger partial charge in [0.25, 0.3) is 11.6 Å². The van der Waals surface area contributed by atoms with Crippen LogP contribution in [0.15, 0.2) is 34.2 Å². The molecule has 2 N–H and O–H groups in total. The fourth-order valence-electron chi connectivity index (χ4n) is 1.71. The summed E-state index contributed by atoms with van der Waals surface area (Å²) in [6.45, 7) is 0.344. The predicted molar refractivity (Wildman–Crippen MR) is 75.4 cm³/mol. The van der Waals surface area contributed by atoms with E-state index in [9.17, 15) is 10.1 Å². The Morgan fingerprint density at radius 2 is 2.24 bits per heavy atom. The van der Waals surface area contributed by atoms with Crippen molar-refractivity contribution in [3.05, 3.63) is 44.8 Å². The van der Waals surface area contributed by atoms with E-state index in [-0.39, 0.29) is 17.4 Å². The number of non-ortho nitro benzene ring substituents is 1. The van der Waals surface area contributed by atoms with Crippen LogP contribution >= 0.6 is 11.3 Å². The Morgan fingerprint density at radius 1 is 1.38 bits per heavy atom. The van der Waals surface area contributed by atoms with E-state index in [0.717, 1.165) is 5.01 Å². The smallest absolute Gasteiger partial charge is 0.277 e. The number of hydrogen-bond donors (Lipinski definition) is 1. The van der Waals surface area contributed by atoms with E-state index in [4.69, 9.17) is 10.3 Å². The molecule has 0 radical (unpaired) electrons. The number of hydrogen-bond acceptors (Lipinski definition) is 8. The van der Waals surface area contributed by atoms with Gasteiger partial charge in [-0.05, 0) is 0 Å². The SMILES string of the molecule is NCc1nc(-c2nc(-c3cccc([N+](=O)[O-])c3)no2)cs1. The third-order valence-corrected chi connectivity index (χ3v) is 3.56. The van der Waals surface area contributed by atoms with E-state index in [1.807, 2.05) is 0 Å². The molecule has 3 rings (SSSR count). The zero-order chi connectivity index (χ0) is 14.8. The van der Waals surface area contributed by atoms with Gasteiger partial charge in [-0.25, -0.2) is 4.98 Å². The number of nitrogens with zero attached hydrogens (tertiary/aromatic N) is 4. The van der Waals surface area contributed by atoms with E-state index in [1.165, 1.54) is 23.5 Å². The summed E-state index contributed by atoms with van der Waals surface area (Å²) in [6.07, 6.45) is 0. The molecule has 0 unspecified atom stereocenters. The van der Waals surface area contributed by atoms with Crippen LogP contribution in [0.5, 0.6) is 0 Å². The second-order valence-corrected chi connectivity index (χ2v) is 5.00. The molecule has 0 spiro atoms. The third-order valence-electron chi connectivity index (χ3n) is 2.69. The maximum Gasteiger partial charge on any atom is 0.277 e. The topological polar surface area (TPSA) is 121 Å². The van der Waals surface area contributed by atoms with Gasteiger partial charge in [-0.2, -0.15) is 4.98 Å². The molecule has 1 aromatic carbocycles. The molecule has 0 fully saturated rings.